The Morgan fingerprint density at radius 3 is 2.44 bits per heavy atom. The molecule has 0 bridgehead atoms. The van der Waals surface area contributed by atoms with Crippen LogP contribution in [0.25, 0.3) is 11.0 Å². The summed E-state index contributed by atoms with van der Waals surface area (Å²) in [5.41, 5.74) is 11.0. The van der Waals surface area contributed by atoms with E-state index in [1.54, 1.807) is 0 Å². The van der Waals surface area contributed by atoms with E-state index >= 15 is 0 Å². The second-order valence-electron chi connectivity index (χ2n) is 6.31. The number of H-pyrrole nitrogens is 1. The van der Waals surface area contributed by atoms with E-state index < -0.39 is 0 Å². The topological polar surface area (TPSA) is 54.7 Å². The van der Waals surface area contributed by atoms with Gasteiger partial charge in [0.1, 0.15) is 5.82 Å². The lowest BCUT2D eigenvalue weighted by Gasteiger charge is -2.26. The van der Waals surface area contributed by atoms with E-state index in [-0.39, 0.29) is 11.5 Å². The highest BCUT2D eigenvalue weighted by molar-refractivity contribution is 5.77. The van der Waals surface area contributed by atoms with Crippen LogP contribution in [-0.2, 0) is 6.42 Å². The summed E-state index contributed by atoms with van der Waals surface area (Å²) in [7, 11) is 0. The van der Waals surface area contributed by atoms with Crippen LogP contribution in [0.5, 0.6) is 0 Å². The Balaban J connectivity index is 2.31. The third kappa shape index (κ3) is 2.56. The van der Waals surface area contributed by atoms with Crippen LogP contribution in [0.4, 0.5) is 0 Å². The molecule has 3 heteroatoms. The summed E-state index contributed by atoms with van der Waals surface area (Å²) >= 11 is 0. The Hall–Kier alpha value is -1.35. The number of nitrogens with two attached hydrogens (primary N) is 1. The van der Waals surface area contributed by atoms with Crippen molar-refractivity contribution in [3.05, 3.63) is 29.1 Å². The molecule has 0 aliphatic carbocycles. The van der Waals surface area contributed by atoms with Crippen molar-refractivity contribution in [1.29, 1.82) is 0 Å². The summed E-state index contributed by atoms with van der Waals surface area (Å²) in [6.45, 7) is 10.7. The highest BCUT2D eigenvalue weighted by Gasteiger charge is 2.22. The number of benzene rings is 1. The van der Waals surface area contributed by atoms with Crippen molar-refractivity contribution in [1.82, 2.24) is 9.97 Å². The van der Waals surface area contributed by atoms with Gasteiger partial charge in [-0.3, -0.25) is 0 Å². The molecule has 1 atom stereocenters. The van der Waals surface area contributed by atoms with Gasteiger partial charge in [0.15, 0.2) is 0 Å². The molecule has 0 amide bonds. The fourth-order valence-corrected chi connectivity index (χ4v) is 1.93. The molecule has 18 heavy (non-hydrogen) atoms. The number of hydrogen-bond acceptors (Lipinski definition) is 2. The van der Waals surface area contributed by atoms with E-state index in [1.807, 2.05) is 0 Å². The minimum absolute atomic E-state index is 0.102. The number of aromatic nitrogens is 2. The SMILES string of the molecule is Cc1cc2nc(CC(N)C(C)(C)C)[nH]c2cc1C. The van der Waals surface area contributed by atoms with E-state index in [9.17, 15) is 0 Å². The summed E-state index contributed by atoms with van der Waals surface area (Å²) in [5.74, 6) is 0.984. The number of hydrogen-bond donors (Lipinski definition) is 2. The molecule has 0 fully saturated rings. The fraction of sp³-hybridized carbons (Fsp3) is 0.533. The zero-order chi connectivity index (χ0) is 13.5. The zero-order valence-electron chi connectivity index (χ0n) is 12.0. The molecular weight excluding hydrogens is 222 g/mol. The van der Waals surface area contributed by atoms with Gasteiger partial charge in [0.05, 0.1) is 11.0 Å². The van der Waals surface area contributed by atoms with Crippen molar-refractivity contribution < 1.29 is 0 Å². The second-order valence-corrected chi connectivity index (χ2v) is 6.31. The number of nitrogens with zero attached hydrogens (tertiary/aromatic N) is 1. The van der Waals surface area contributed by atoms with Gasteiger partial charge < -0.3 is 10.7 Å². The summed E-state index contributed by atoms with van der Waals surface area (Å²) in [6, 6.07) is 4.40. The van der Waals surface area contributed by atoms with Crippen molar-refractivity contribution in [3.63, 3.8) is 0 Å². The van der Waals surface area contributed by atoms with Crippen molar-refractivity contribution in [2.24, 2.45) is 11.1 Å². The predicted molar refractivity (Wildman–Crippen MR) is 76.7 cm³/mol. The summed E-state index contributed by atoms with van der Waals surface area (Å²) < 4.78 is 0. The number of nitrogens with one attached hydrogen (secondary N) is 1. The molecule has 0 radical (unpaired) electrons. The fourth-order valence-electron chi connectivity index (χ4n) is 1.93. The van der Waals surface area contributed by atoms with Crippen LogP contribution in [0.1, 0.15) is 37.7 Å². The first-order valence-electron chi connectivity index (χ1n) is 6.49. The lowest BCUT2D eigenvalue weighted by molar-refractivity contribution is 0.315. The highest BCUT2D eigenvalue weighted by Crippen LogP contribution is 2.22. The first-order chi connectivity index (χ1) is 8.27. The van der Waals surface area contributed by atoms with E-state index in [0.717, 1.165) is 23.3 Å². The van der Waals surface area contributed by atoms with Gasteiger partial charge in [-0.1, -0.05) is 20.8 Å². The number of rotatable bonds is 2. The van der Waals surface area contributed by atoms with E-state index in [2.05, 4.69) is 56.7 Å². The molecule has 2 rings (SSSR count). The van der Waals surface area contributed by atoms with Crippen LogP contribution in [0.2, 0.25) is 0 Å². The van der Waals surface area contributed by atoms with Crippen molar-refractivity contribution in [2.45, 2.75) is 47.1 Å². The van der Waals surface area contributed by atoms with Gasteiger partial charge in [0.25, 0.3) is 0 Å². The molecular formula is C15H23N3. The monoisotopic (exact) mass is 245 g/mol. The molecule has 1 aromatic heterocycles. The smallest absolute Gasteiger partial charge is 0.108 e. The Kier molecular flexibility index (Phi) is 3.20. The molecule has 1 aromatic carbocycles. The van der Waals surface area contributed by atoms with Gasteiger partial charge in [-0.05, 0) is 42.5 Å². The van der Waals surface area contributed by atoms with Crippen LogP contribution in [0.3, 0.4) is 0 Å². The highest BCUT2D eigenvalue weighted by atomic mass is 14.9. The largest absolute Gasteiger partial charge is 0.342 e. The Bertz CT molecular complexity index is 522. The maximum absolute atomic E-state index is 6.20. The molecule has 3 nitrogen and oxygen atoms in total. The number of aryl methyl sites for hydroxylation is 2. The van der Waals surface area contributed by atoms with Gasteiger partial charge >= 0.3 is 0 Å². The molecule has 0 aliphatic rings. The Labute approximate surface area is 109 Å². The van der Waals surface area contributed by atoms with Gasteiger partial charge in [-0.25, -0.2) is 4.98 Å². The Morgan fingerprint density at radius 2 is 1.83 bits per heavy atom. The third-order valence-electron chi connectivity index (χ3n) is 3.67. The van der Waals surface area contributed by atoms with Crippen LogP contribution in [0, 0.1) is 19.3 Å². The van der Waals surface area contributed by atoms with Gasteiger partial charge in [0.2, 0.25) is 0 Å². The maximum atomic E-state index is 6.20. The van der Waals surface area contributed by atoms with Gasteiger partial charge in [-0.15, -0.1) is 0 Å². The minimum atomic E-state index is 0.102. The molecule has 98 valence electrons. The average molecular weight is 245 g/mol. The summed E-state index contributed by atoms with van der Waals surface area (Å²) in [6.07, 6.45) is 0.788. The number of fused-ring (bicyclic) bond motifs is 1. The molecule has 0 aliphatic heterocycles. The number of aromatic amines is 1. The summed E-state index contributed by atoms with van der Waals surface area (Å²) in [5, 5.41) is 0. The first-order valence-corrected chi connectivity index (χ1v) is 6.49. The minimum Gasteiger partial charge on any atom is -0.342 e. The lowest BCUT2D eigenvalue weighted by atomic mass is 9.85. The normalized spacial score (nSPS) is 14.1. The van der Waals surface area contributed by atoms with Crippen LogP contribution < -0.4 is 5.73 Å². The molecule has 0 spiro atoms. The zero-order valence-corrected chi connectivity index (χ0v) is 12.0. The average Bonchev–Trinajstić information content (AvgIpc) is 2.59. The van der Waals surface area contributed by atoms with Crippen LogP contribution >= 0.6 is 0 Å². The van der Waals surface area contributed by atoms with Crippen LogP contribution in [-0.4, -0.2) is 16.0 Å². The maximum Gasteiger partial charge on any atom is 0.108 e. The van der Waals surface area contributed by atoms with Crippen molar-refractivity contribution >= 4 is 11.0 Å². The molecule has 1 unspecified atom stereocenters. The predicted octanol–water partition coefficient (Wildman–Crippen LogP) is 3.10. The van der Waals surface area contributed by atoms with Crippen LogP contribution in [0.15, 0.2) is 12.1 Å². The first kappa shape index (κ1) is 13.1. The molecule has 0 saturated carbocycles. The summed E-state index contributed by atoms with van der Waals surface area (Å²) in [4.78, 5) is 8.01. The molecule has 0 saturated heterocycles. The standard InChI is InChI=1S/C15H23N3/c1-9-6-11-12(7-10(9)2)18-14(17-11)8-13(16)15(3,4)5/h6-7,13H,8,16H2,1-5H3,(H,17,18). The Morgan fingerprint density at radius 1 is 1.22 bits per heavy atom. The molecule has 3 N–H and O–H groups in total. The number of imidazole rings is 1. The second kappa shape index (κ2) is 4.39. The van der Waals surface area contributed by atoms with E-state index in [1.165, 1.54) is 11.1 Å². The lowest BCUT2D eigenvalue weighted by Crippen LogP contribution is -2.37. The van der Waals surface area contributed by atoms with Gasteiger partial charge in [0, 0.05) is 12.5 Å². The van der Waals surface area contributed by atoms with E-state index in [0.29, 0.717) is 0 Å². The molecule has 1 heterocycles. The quantitative estimate of drug-likeness (QED) is 0.854. The van der Waals surface area contributed by atoms with Crippen molar-refractivity contribution in [2.75, 3.05) is 0 Å². The van der Waals surface area contributed by atoms with Crippen molar-refractivity contribution in [3.8, 4) is 0 Å². The van der Waals surface area contributed by atoms with E-state index in [4.69, 9.17) is 5.73 Å². The van der Waals surface area contributed by atoms with Gasteiger partial charge in [-0.2, -0.15) is 0 Å². The molecule has 2 aromatic rings. The third-order valence-corrected chi connectivity index (χ3v) is 3.67.